The van der Waals surface area contributed by atoms with Gasteiger partial charge in [-0.15, -0.1) is 5.06 Å². The van der Waals surface area contributed by atoms with Gasteiger partial charge in [0.05, 0.1) is 7.11 Å². The second-order valence-corrected chi connectivity index (χ2v) is 6.37. The second kappa shape index (κ2) is 6.31. The molecule has 0 aromatic rings. The first-order chi connectivity index (χ1) is 9.24. The van der Waals surface area contributed by atoms with Crippen LogP contribution in [0.3, 0.4) is 0 Å². The average molecular weight is 307 g/mol. The summed E-state index contributed by atoms with van der Waals surface area (Å²) in [6.07, 6.45) is 0.295. The minimum atomic E-state index is -4.14. The van der Waals surface area contributed by atoms with Gasteiger partial charge in [0.1, 0.15) is 0 Å². The van der Waals surface area contributed by atoms with Gasteiger partial charge in [0.2, 0.25) is 0 Å². The van der Waals surface area contributed by atoms with E-state index in [9.17, 15) is 22.8 Å². The number of imide groups is 1. The Kier molecular flexibility index (Phi) is 5.23. The van der Waals surface area contributed by atoms with Crippen LogP contribution >= 0.6 is 0 Å². The van der Waals surface area contributed by atoms with E-state index in [1.54, 1.807) is 6.92 Å². The highest BCUT2D eigenvalue weighted by molar-refractivity contribution is 7.88. The maximum atomic E-state index is 11.9. The molecule has 0 aromatic carbocycles. The summed E-state index contributed by atoms with van der Waals surface area (Å²) in [6, 6.07) is 0. The van der Waals surface area contributed by atoms with Gasteiger partial charge < -0.3 is 4.84 Å². The van der Waals surface area contributed by atoms with Crippen LogP contribution in [-0.2, 0) is 33.5 Å². The fraction of sp³-hybridized carbons (Fsp3) is 0.727. The number of hydroxylamine groups is 2. The van der Waals surface area contributed by atoms with Crippen molar-refractivity contribution in [3.63, 3.8) is 0 Å². The number of carbonyl (C=O) groups is 3. The molecule has 0 bridgehead atoms. The first kappa shape index (κ1) is 16.6. The van der Waals surface area contributed by atoms with E-state index in [0.29, 0.717) is 11.5 Å². The molecule has 1 heterocycles. The standard InChI is InChI=1S/C11H17NO7S/c1-4-5-8(20(16,17)18-3)11(15)19-12-9(13)6-7(2)10(12)14/h7-8H,4-6H2,1-3H3. The Morgan fingerprint density at radius 3 is 2.45 bits per heavy atom. The molecule has 0 radical (unpaired) electrons. The highest BCUT2D eigenvalue weighted by atomic mass is 32.2. The molecule has 1 fully saturated rings. The zero-order chi connectivity index (χ0) is 15.5. The molecule has 0 aliphatic carbocycles. The van der Waals surface area contributed by atoms with Crippen LogP contribution in [0, 0.1) is 5.92 Å². The van der Waals surface area contributed by atoms with Crippen LogP contribution in [0.2, 0.25) is 0 Å². The third-order valence-corrected chi connectivity index (χ3v) is 4.49. The molecule has 0 aromatic heterocycles. The van der Waals surface area contributed by atoms with Gasteiger partial charge in [0.25, 0.3) is 21.9 Å². The number of hydrogen-bond donors (Lipinski definition) is 0. The van der Waals surface area contributed by atoms with Gasteiger partial charge in [-0.05, 0) is 6.42 Å². The van der Waals surface area contributed by atoms with Crippen LogP contribution in [0.1, 0.15) is 33.1 Å². The molecule has 0 spiro atoms. The SMILES string of the molecule is CCCC(C(=O)ON1C(=O)CC(C)C1=O)S(=O)(=O)OC. The van der Waals surface area contributed by atoms with E-state index in [1.807, 2.05) is 0 Å². The molecule has 2 atom stereocenters. The Morgan fingerprint density at radius 1 is 1.45 bits per heavy atom. The van der Waals surface area contributed by atoms with E-state index in [-0.39, 0.29) is 12.8 Å². The number of amides is 2. The summed E-state index contributed by atoms with van der Waals surface area (Å²) in [5.41, 5.74) is 0. The molecule has 2 amide bonds. The van der Waals surface area contributed by atoms with Crippen molar-refractivity contribution >= 4 is 27.9 Å². The number of carbonyl (C=O) groups excluding carboxylic acids is 3. The Morgan fingerprint density at radius 2 is 2.05 bits per heavy atom. The summed E-state index contributed by atoms with van der Waals surface area (Å²) in [4.78, 5) is 39.6. The summed E-state index contributed by atoms with van der Waals surface area (Å²) in [5, 5.41) is -1.23. The first-order valence-electron chi connectivity index (χ1n) is 6.12. The normalized spacial score (nSPS) is 21.1. The van der Waals surface area contributed by atoms with Gasteiger partial charge in [-0.2, -0.15) is 8.42 Å². The van der Waals surface area contributed by atoms with Gasteiger partial charge in [-0.1, -0.05) is 20.3 Å². The van der Waals surface area contributed by atoms with Crippen molar-refractivity contribution in [2.24, 2.45) is 5.92 Å². The Balaban J connectivity index is 2.88. The number of rotatable bonds is 6. The highest BCUT2D eigenvalue weighted by Crippen LogP contribution is 2.21. The maximum Gasteiger partial charge on any atom is 0.353 e. The predicted octanol–water partition coefficient (Wildman–Crippen LogP) is -0.0155. The Bertz CT molecular complexity index is 513. The third-order valence-electron chi connectivity index (χ3n) is 2.90. The Hall–Kier alpha value is -1.48. The lowest BCUT2D eigenvalue weighted by atomic mass is 10.1. The molecule has 2 unspecified atom stereocenters. The molecule has 8 nitrogen and oxygen atoms in total. The van der Waals surface area contributed by atoms with E-state index < -0.39 is 39.1 Å². The van der Waals surface area contributed by atoms with E-state index >= 15 is 0 Å². The summed E-state index contributed by atoms with van der Waals surface area (Å²) in [5.74, 6) is -3.10. The molecular weight excluding hydrogens is 290 g/mol. The zero-order valence-corrected chi connectivity index (χ0v) is 12.3. The van der Waals surface area contributed by atoms with Gasteiger partial charge in [0.15, 0.2) is 5.25 Å². The topological polar surface area (TPSA) is 107 Å². The van der Waals surface area contributed by atoms with Crippen molar-refractivity contribution in [3.05, 3.63) is 0 Å². The largest absolute Gasteiger partial charge is 0.353 e. The highest BCUT2D eigenvalue weighted by Gasteiger charge is 2.42. The fourth-order valence-corrected chi connectivity index (χ4v) is 2.79. The summed E-state index contributed by atoms with van der Waals surface area (Å²) in [7, 11) is -3.21. The smallest absolute Gasteiger partial charge is 0.329 e. The molecule has 0 saturated carbocycles. The summed E-state index contributed by atoms with van der Waals surface area (Å²) < 4.78 is 27.5. The van der Waals surface area contributed by atoms with Gasteiger partial charge >= 0.3 is 5.97 Å². The molecule has 1 aliphatic heterocycles. The zero-order valence-electron chi connectivity index (χ0n) is 11.5. The monoisotopic (exact) mass is 307 g/mol. The third kappa shape index (κ3) is 3.34. The minimum Gasteiger partial charge on any atom is -0.329 e. The van der Waals surface area contributed by atoms with Gasteiger partial charge in [-0.3, -0.25) is 13.8 Å². The first-order valence-corrected chi connectivity index (χ1v) is 7.59. The lowest BCUT2D eigenvalue weighted by Gasteiger charge is -2.18. The number of nitrogens with zero attached hydrogens (tertiary/aromatic N) is 1. The van der Waals surface area contributed by atoms with E-state index in [1.165, 1.54) is 6.92 Å². The fourth-order valence-electron chi connectivity index (χ4n) is 1.76. The van der Waals surface area contributed by atoms with E-state index in [0.717, 1.165) is 7.11 Å². The second-order valence-electron chi connectivity index (χ2n) is 4.48. The van der Waals surface area contributed by atoms with Crippen molar-refractivity contribution in [3.8, 4) is 0 Å². The van der Waals surface area contributed by atoms with Crippen LogP contribution in [0.5, 0.6) is 0 Å². The molecule has 114 valence electrons. The molecule has 20 heavy (non-hydrogen) atoms. The van der Waals surface area contributed by atoms with Crippen LogP contribution in [0.15, 0.2) is 0 Å². The molecule has 1 saturated heterocycles. The van der Waals surface area contributed by atoms with Crippen molar-refractivity contribution in [2.75, 3.05) is 7.11 Å². The summed E-state index contributed by atoms with van der Waals surface area (Å²) >= 11 is 0. The maximum absolute atomic E-state index is 11.9. The van der Waals surface area contributed by atoms with Crippen LogP contribution in [0.4, 0.5) is 0 Å². The summed E-state index contributed by atoms with van der Waals surface area (Å²) in [6.45, 7) is 3.20. The van der Waals surface area contributed by atoms with E-state index in [4.69, 9.17) is 0 Å². The van der Waals surface area contributed by atoms with E-state index in [2.05, 4.69) is 9.02 Å². The van der Waals surface area contributed by atoms with Crippen LogP contribution in [0.25, 0.3) is 0 Å². The molecule has 9 heteroatoms. The van der Waals surface area contributed by atoms with Crippen LogP contribution < -0.4 is 0 Å². The van der Waals surface area contributed by atoms with Gasteiger partial charge in [-0.25, -0.2) is 4.79 Å². The predicted molar refractivity (Wildman–Crippen MR) is 66.4 cm³/mol. The van der Waals surface area contributed by atoms with Crippen molar-refractivity contribution in [2.45, 2.75) is 38.4 Å². The number of hydrogen-bond acceptors (Lipinski definition) is 7. The Labute approximate surface area is 117 Å². The minimum absolute atomic E-state index is 0.0270. The van der Waals surface area contributed by atoms with Crippen molar-refractivity contribution in [1.29, 1.82) is 0 Å². The average Bonchev–Trinajstić information content (AvgIpc) is 2.62. The van der Waals surface area contributed by atoms with Gasteiger partial charge in [0, 0.05) is 12.3 Å². The molecule has 1 aliphatic rings. The van der Waals surface area contributed by atoms with Crippen molar-refractivity contribution in [1.82, 2.24) is 5.06 Å². The molecule has 1 rings (SSSR count). The van der Waals surface area contributed by atoms with Crippen molar-refractivity contribution < 1.29 is 31.8 Å². The molecular formula is C11H17NO7S. The van der Waals surface area contributed by atoms with Crippen LogP contribution in [-0.4, -0.2) is 43.6 Å². The quantitative estimate of drug-likeness (QED) is 0.501. The molecule has 0 N–H and O–H groups in total. The lowest BCUT2D eigenvalue weighted by Crippen LogP contribution is -2.40. The lowest BCUT2D eigenvalue weighted by molar-refractivity contribution is -0.198.